The number of carbonyl (C=O) groups excluding carboxylic acids is 1. The number of nitrogens with zero attached hydrogens (tertiary/aromatic N) is 2. The van der Waals surface area contributed by atoms with Crippen LogP contribution in [0.15, 0.2) is 76.7 Å². The molecule has 1 N–H and O–H groups in total. The van der Waals surface area contributed by atoms with Crippen LogP contribution >= 0.6 is 11.3 Å². The Hall–Kier alpha value is -3.58. The Morgan fingerprint density at radius 2 is 2.00 bits per heavy atom. The maximum Gasteiger partial charge on any atom is 0.333 e. The number of hydrogen-bond acceptors (Lipinski definition) is 5. The van der Waals surface area contributed by atoms with Gasteiger partial charge in [-0.15, -0.1) is 11.3 Å². The van der Waals surface area contributed by atoms with Crippen LogP contribution in [-0.2, 0) is 0 Å². The van der Waals surface area contributed by atoms with E-state index in [9.17, 15) is 4.79 Å². The molecule has 0 aliphatic carbocycles. The summed E-state index contributed by atoms with van der Waals surface area (Å²) in [5, 5.41) is 6.08. The van der Waals surface area contributed by atoms with Crippen LogP contribution in [0.5, 0.6) is 5.75 Å². The Kier molecular flexibility index (Phi) is 4.06. The zero-order valence-corrected chi connectivity index (χ0v) is 15.4. The Balaban J connectivity index is 1.45. The van der Waals surface area contributed by atoms with Crippen molar-refractivity contribution in [2.24, 2.45) is 0 Å². The molecule has 1 unspecified atom stereocenters. The van der Waals surface area contributed by atoms with Gasteiger partial charge in [0.2, 0.25) is 12.1 Å². The fourth-order valence-electron chi connectivity index (χ4n) is 3.07. The summed E-state index contributed by atoms with van der Waals surface area (Å²) in [5.41, 5.74) is 1.68. The van der Waals surface area contributed by atoms with Crippen molar-refractivity contribution in [1.29, 1.82) is 0 Å². The number of furan rings is 1. The summed E-state index contributed by atoms with van der Waals surface area (Å²) in [6.45, 7) is 0. The highest BCUT2D eigenvalue weighted by Crippen LogP contribution is 2.31. The number of rotatable bonds is 3. The largest absolute Gasteiger partial charge is 0.466 e. The van der Waals surface area contributed by atoms with Crippen molar-refractivity contribution in [3.05, 3.63) is 77.8 Å². The molecule has 0 saturated heterocycles. The SMILES string of the molecule is O=C(Nc1cc2ccccc2o1)N(c1nccs1)C1C=Cc2ccccc2O1. The number of aromatic nitrogens is 1. The first-order chi connectivity index (χ1) is 13.8. The van der Waals surface area contributed by atoms with Crippen molar-refractivity contribution < 1.29 is 13.9 Å². The molecule has 2 aromatic heterocycles. The molecule has 0 radical (unpaired) electrons. The number of hydrogen-bond donors (Lipinski definition) is 1. The summed E-state index contributed by atoms with van der Waals surface area (Å²) in [7, 11) is 0. The van der Waals surface area contributed by atoms with Gasteiger partial charge < -0.3 is 9.15 Å². The average molecular weight is 389 g/mol. The minimum Gasteiger partial charge on any atom is -0.466 e. The number of amides is 2. The molecule has 3 heterocycles. The van der Waals surface area contributed by atoms with E-state index in [1.807, 2.05) is 66.1 Å². The molecule has 28 heavy (non-hydrogen) atoms. The predicted molar refractivity (Wildman–Crippen MR) is 110 cm³/mol. The Morgan fingerprint density at radius 1 is 1.14 bits per heavy atom. The minimum absolute atomic E-state index is 0.368. The van der Waals surface area contributed by atoms with E-state index < -0.39 is 6.23 Å². The molecule has 1 aliphatic rings. The fraction of sp³-hybridized carbons (Fsp3) is 0.0476. The number of benzene rings is 2. The second-order valence-corrected chi connectivity index (χ2v) is 7.04. The molecule has 4 aromatic rings. The van der Waals surface area contributed by atoms with Gasteiger partial charge in [0.15, 0.2) is 5.13 Å². The van der Waals surface area contributed by atoms with Crippen molar-refractivity contribution >= 4 is 45.4 Å². The first-order valence-electron chi connectivity index (χ1n) is 8.70. The van der Waals surface area contributed by atoms with Crippen molar-refractivity contribution in [3.63, 3.8) is 0 Å². The van der Waals surface area contributed by atoms with Gasteiger partial charge in [-0.25, -0.2) is 14.7 Å². The fourth-order valence-corrected chi connectivity index (χ4v) is 3.74. The van der Waals surface area contributed by atoms with E-state index >= 15 is 0 Å². The molecule has 2 amide bonds. The first kappa shape index (κ1) is 16.6. The molecule has 2 aromatic carbocycles. The van der Waals surface area contributed by atoms with E-state index in [1.165, 1.54) is 16.2 Å². The van der Waals surface area contributed by atoms with E-state index in [0.717, 1.165) is 10.9 Å². The van der Waals surface area contributed by atoms with Crippen LogP contribution in [0.3, 0.4) is 0 Å². The zero-order valence-electron chi connectivity index (χ0n) is 14.6. The minimum atomic E-state index is -0.620. The van der Waals surface area contributed by atoms with Crippen molar-refractivity contribution in [2.75, 3.05) is 10.2 Å². The van der Waals surface area contributed by atoms with E-state index in [0.29, 0.717) is 22.3 Å². The van der Waals surface area contributed by atoms with Gasteiger partial charge in [0.25, 0.3) is 0 Å². The van der Waals surface area contributed by atoms with Gasteiger partial charge in [0.05, 0.1) is 0 Å². The number of ether oxygens (including phenoxy) is 1. The Morgan fingerprint density at radius 3 is 2.86 bits per heavy atom. The summed E-state index contributed by atoms with van der Waals surface area (Å²) in [5.74, 6) is 1.08. The molecule has 1 atom stereocenters. The van der Waals surface area contributed by atoms with Crippen molar-refractivity contribution in [2.45, 2.75) is 6.23 Å². The zero-order chi connectivity index (χ0) is 18.9. The number of urea groups is 1. The summed E-state index contributed by atoms with van der Waals surface area (Å²) in [4.78, 5) is 18.9. The van der Waals surface area contributed by atoms with Crippen molar-refractivity contribution in [1.82, 2.24) is 4.98 Å². The summed E-state index contributed by atoms with van der Waals surface area (Å²) >= 11 is 1.36. The second kappa shape index (κ2) is 6.86. The summed E-state index contributed by atoms with van der Waals surface area (Å²) in [6, 6.07) is 16.7. The summed E-state index contributed by atoms with van der Waals surface area (Å²) < 4.78 is 11.8. The molecule has 5 rings (SSSR count). The molecule has 0 fully saturated rings. The quantitative estimate of drug-likeness (QED) is 0.512. The van der Waals surface area contributed by atoms with Crippen molar-refractivity contribution in [3.8, 4) is 5.75 Å². The molecule has 1 aliphatic heterocycles. The number of nitrogens with one attached hydrogen (secondary N) is 1. The molecule has 138 valence electrons. The molecule has 6 nitrogen and oxygen atoms in total. The van der Waals surface area contributed by atoms with E-state index in [1.54, 1.807) is 12.3 Å². The van der Waals surface area contributed by atoms with Gasteiger partial charge in [-0.1, -0.05) is 36.4 Å². The lowest BCUT2D eigenvalue weighted by Gasteiger charge is -2.30. The van der Waals surface area contributed by atoms with Gasteiger partial charge >= 0.3 is 6.03 Å². The molecular formula is C21H15N3O3S. The van der Waals surface area contributed by atoms with Crippen LogP contribution in [0.4, 0.5) is 15.8 Å². The lowest BCUT2D eigenvalue weighted by atomic mass is 10.1. The molecule has 0 bridgehead atoms. The van der Waals surface area contributed by atoms with Crippen LogP contribution in [0.1, 0.15) is 5.56 Å². The van der Waals surface area contributed by atoms with E-state index in [2.05, 4.69) is 10.3 Å². The predicted octanol–water partition coefficient (Wildman–Crippen LogP) is 5.36. The number of carbonyl (C=O) groups is 1. The Bertz CT molecular complexity index is 1130. The maximum absolute atomic E-state index is 13.1. The van der Waals surface area contributed by atoms with Gasteiger partial charge in [0, 0.05) is 28.6 Å². The van der Waals surface area contributed by atoms with Crippen LogP contribution in [-0.4, -0.2) is 17.2 Å². The highest BCUT2D eigenvalue weighted by atomic mass is 32.1. The topological polar surface area (TPSA) is 67.6 Å². The lowest BCUT2D eigenvalue weighted by Crippen LogP contribution is -2.46. The third-order valence-electron chi connectivity index (χ3n) is 4.36. The molecular weight excluding hydrogens is 374 g/mol. The third kappa shape index (κ3) is 3.01. The number of anilines is 2. The van der Waals surface area contributed by atoms with Gasteiger partial charge in [-0.2, -0.15) is 0 Å². The smallest absolute Gasteiger partial charge is 0.333 e. The number of thiazole rings is 1. The van der Waals surface area contributed by atoms with Crippen LogP contribution in [0, 0.1) is 0 Å². The van der Waals surface area contributed by atoms with Crippen LogP contribution in [0.2, 0.25) is 0 Å². The van der Waals surface area contributed by atoms with Gasteiger partial charge in [-0.05, 0) is 24.3 Å². The highest BCUT2D eigenvalue weighted by molar-refractivity contribution is 7.13. The Labute approximate surface area is 164 Å². The number of para-hydroxylation sites is 2. The van der Waals surface area contributed by atoms with E-state index in [-0.39, 0.29) is 6.03 Å². The van der Waals surface area contributed by atoms with Gasteiger partial charge in [0.1, 0.15) is 11.3 Å². The second-order valence-electron chi connectivity index (χ2n) is 6.17. The monoisotopic (exact) mass is 389 g/mol. The molecule has 7 heteroatoms. The first-order valence-corrected chi connectivity index (χ1v) is 9.58. The van der Waals surface area contributed by atoms with Gasteiger partial charge in [-0.3, -0.25) is 5.32 Å². The highest BCUT2D eigenvalue weighted by Gasteiger charge is 2.30. The number of fused-ring (bicyclic) bond motifs is 2. The normalized spacial score (nSPS) is 15.1. The van der Waals surface area contributed by atoms with E-state index in [4.69, 9.17) is 9.15 Å². The standard InChI is InChI=1S/C21H15N3O3S/c25-20(23-18-13-15-6-2-4-8-17(15)26-18)24(21-22-11-12-28-21)19-10-9-14-5-1-3-7-16(14)27-19/h1-13,19H,(H,23,25). The molecule has 0 saturated carbocycles. The molecule has 0 spiro atoms. The maximum atomic E-state index is 13.1. The average Bonchev–Trinajstić information content (AvgIpc) is 3.37. The van der Waals surface area contributed by atoms with Crippen LogP contribution in [0.25, 0.3) is 17.0 Å². The summed E-state index contributed by atoms with van der Waals surface area (Å²) in [6.07, 6.45) is 4.81. The third-order valence-corrected chi connectivity index (χ3v) is 5.13. The lowest BCUT2D eigenvalue weighted by molar-refractivity contribution is 0.221. The van der Waals surface area contributed by atoms with Crippen LogP contribution < -0.4 is 15.0 Å².